The Labute approximate surface area is 135 Å². The number of hydrogen-bond acceptors (Lipinski definition) is 3. The van der Waals surface area contributed by atoms with E-state index in [1.165, 1.54) is 0 Å². The van der Waals surface area contributed by atoms with Gasteiger partial charge in [0.2, 0.25) is 0 Å². The summed E-state index contributed by atoms with van der Waals surface area (Å²) >= 11 is 0. The first kappa shape index (κ1) is 15.7. The predicted molar refractivity (Wildman–Crippen MR) is 87.0 cm³/mol. The second kappa shape index (κ2) is 5.81. The molecule has 1 aromatic carbocycles. The van der Waals surface area contributed by atoms with Crippen LogP contribution >= 0.6 is 0 Å². The van der Waals surface area contributed by atoms with Crippen molar-refractivity contribution >= 4 is 5.97 Å². The number of nitrogens with zero attached hydrogens (tertiary/aromatic N) is 2. The third-order valence-corrected chi connectivity index (χ3v) is 4.51. The number of ether oxygens (including phenoxy) is 1. The highest BCUT2D eigenvalue weighted by Gasteiger charge is 2.33. The van der Waals surface area contributed by atoms with Crippen molar-refractivity contribution in [3.8, 4) is 5.69 Å². The van der Waals surface area contributed by atoms with E-state index in [0.29, 0.717) is 6.61 Å². The molecule has 1 N–H and O–H groups in total. The molecule has 1 aliphatic carbocycles. The predicted octanol–water partition coefficient (Wildman–Crippen LogP) is 3.23. The van der Waals surface area contributed by atoms with Crippen molar-refractivity contribution in [3.63, 3.8) is 0 Å². The average molecular weight is 314 g/mol. The first-order valence-electron chi connectivity index (χ1n) is 7.84. The molecule has 0 fully saturated rings. The molecule has 0 amide bonds. The zero-order valence-corrected chi connectivity index (χ0v) is 13.8. The minimum absolute atomic E-state index is 0.108. The maximum atomic E-state index is 11.6. The summed E-state index contributed by atoms with van der Waals surface area (Å²) in [4.78, 5) is 11.6. The highest BCUT2D eigenvalue weighted by molar-refractivity contribution is 5.87. The molecule has 0 saturated carbocycles. The van der Waals surface area contributed by atoms with Crippen molar-refractivity contribution in [2.45, 2.75) is 39.7 Å². The Morgan fingerprint density at radius 3 is 2.83 bits per heavy atom. The Hall–Kier alpha value is -2.14. The van der Waals surface area contributed by atoms with Crippen LogP contribution in [0.25, 0.3) is 5.69 Å². The molecule has 1 heterocycles. The van der Waals surface area contributed by atoms with Crippen LogP contribution in [0.2, 0.25) is 0 Å². The normalized spacial score (nSPS) is 16.1. The number of rotatable bonds is 4. The van der Waals surface area contributed by atoms with Gasteiger partial charge in [0.05, 0.1) is 12.3 Å². The van der Waals surface area contributed by atoms with Crippen LogP contribution in [0.5, 0.6) is 0 Å². The Morgan fingerprint density at radius 2 is 2.13 bits per heavy atom. The number of aromatic carboxylic acids is 1. The monoisotopic (exact) mass is 314 g/mol. The zero-order chi connectivity index (χ0) is 16.6. The van der Waals surface area contributed by atoms with Gasteiger partial charge in [0.1, 0.15) is 0 Å². The Bertz CT molecular complexity index is 747. The van der Waals surface area contributed by atoms with E-state index in [4.69, 9.17) is 4.74 Å². The SMILES string of the molecule is COCc1ccccc1-n1nc(C(=O)O)c2c1CCC(C)(C)C2. The number of carboxylic acids is 1. The molecule has 0 radical (unpaired) electrons. The molecule has 0 bridgehead atoms. The molecule has 5 heteroatoms. The van der Waals surface area contributed by atoms with Gasteiger partial charge in [0.15, 0.2) is 5.69 Å². The van der Waals surface area contributed by atoms with E-state index < -0.39 is 5.97 Å². The van der Waals surface area contributed by atoms with Gasteiger partial charge < -0.3 is 9.84 Å². The van der Waals surface area contributed by atoms with Gasteiger partial charge in [0, 0.05) is 23.9 Å². The van der Waals surface area contributed by atoms with Gasteiger partial charge in [-0.15, -0.1) is 0 Å². The summed E-state index contributed by atoms with van der Waals surface area (Å²) in [7, 11) is 1.65. The molecule has 0 unspecified atom stereocenters. The lowest BCUT2D eigenvalue weighted by atomic mass is 9.76. The van der Waals surface area contributed by atoms with Crippen LogP contribution in [0.1, 0.15) is 47.6 Å². The van der Waals surface area contributed by atoms with Crippen molar-refractivity contribution < 1.29 is 14.6 Å². The summed E-state index contributed by atoms with van der Waals surface area (Å²) in [6, 6.07) is 7.85. The number of fused-ring (bicyclic) bond motifs is 1. The standard InChI is InChI=1S/C18H22N2O3/c1-18(2)9-8-15-13(10-18)16(17(21)22)19-20(15)14-7-5-4-6-12(14)11-23-3/h4-7H,8-11H2,1-3H3,(H,21,22). The summed E-state index contributed by atoms with van der Waals surface area (Å²) < 4.78 is 7.07. The number of methoxy groups -OCH3 is 1. The summed E-state index contributed by atoms with van der Waals surface area (Å²) in [5.41, 5.74) is 4.09. The van der Waals surface area contributed by atoms with E-state index in [0.717, 1.165) is 41.8 Å². The topological polar surface area (TPSA) is 64.4 Å². The van der Waals surface area contributed by atoms with Gasteiger partial charge in [-0.1, -0.05) is 32.0 Å². The van der Waals surface area contributed by atoms with Gasteiger partial charge in [-0.3, -0.25) is 0 Å². The van der Waals surface area contributed by atoms with E-state index in [1.807, 2.05) is 28.9 Å². The molecule has 5 nitrogen and oxygen atoms in total. The summed E-state index contributed by atoms with van der Waals surface area (Å²) in [5.74, 6) is -0.957. The molecule has 0 atom stereocenters. The quantitative estimate of drug-likeness (QED) is 0.941. The number of benzene rings is 1. The Balaban J connectivity index is 2.17. The van der Waals surface area contributed by atoms with E-state index in [9.17, 15) is 9.90 Å². The van der Waals surface area contributed by atoms with Crippen molar-refractivity contribution in [1.29, 1.82) is 0 Å². The third kappa shape index (κ3) is 2.88. The number of carbonyl (C=O) groups is 1. The molecule has 2 aromatic rings. The van der Waals surface area contributed by atoms with Crippen molar-refractivity contribution in [1.82, 2.24) is 9.78 Å². The second-order valence-electron chi connectivity index (χ2n) is 6.89. The van der Waals surface area contributed by atoms with Crippen molar-refractivity contribution in [2.24, 2.45) is 5.41 Å². The van der Waals surface area contributed by atoms with E-state index >= 15 is 0 Å². The van der Waals surface area contributed by atoms with Gasteiger partial charge in [0.25, 0.3) is 0 Å². The number of hydrogen-bond donors (Lipinski definition) is 1. The van der Waals surface area contributed by atoms with Crippen LogP contribution in [0.15, 0.2) is 24.3 Å². The smallest absolute Gasteiger partial charge is 0.356 e. The van der Waals surface area contributed by atoms with E-state index in [-0.39, 0.29) is 11.1 Å². The first-order valence-corrected chi connectivity index (χ1v) is 7.84. The Morgan fingerprint density at radius 1 is 1.39 bits per heavy atom. The van der Waals surface area contributed by atoms with Crippen LogP contribution in [0, 0.1) is 5.41 Å². The molecular weight excluding hydrogens is 292 g/mol. The highest BCUT2D eigenvalue weighted by atomic mass is 16.5. The molecular formula is C18H22N2O3. The van der Waals surface area contributed by atoms with Gasteiger partial charge >= 0.3 is 5.97 Å². The minimum Gasteiger partial charge on any atom is -0.476 e. The molecule has 0 aliphatic heterocycles. The zero-order valence-electron chi connectivity index (χ0n) is 13.8. The maximum absolute atomic E-state index is 11.6. The minimum atomic E-state index is -0.957. The largest absolute Gasteiger partial charge is 0.476 e. The van der Waals surface area contributed by atoms with Crippen molar-refractivity contribution in [2.75, 3.05) is 7.11 Å². The molecule has 0 spiro atoms. The van der Waals surface area contributed by atoms with Gasteiger partial charge in [-0.25, -0.2) is 9.48 Å². The highest BCUT2D eigenvalue weighted by Crippen LogP contribution is 2.37. The van der Waals surface area contributed by atoms with Gasteiger partial charge in [-0.05, 0) is 30.7 Å². The lowest BCUT2D eigenvalue weighted by Gasteiger charge is -2.30. The fraction of sp³-hybridized carbons (Fsp3) is 0.444. The van der Waals surface area contributed by atoms with Crippen LogP contribution in [0.4, 0.5) is 0 Å². The lowest BCUT2D eigenvalue weighted by Crippen LogP contribution is -2.24. The molecule has 3 rings (SSSR count). The molecule has 1 aromatic heterocycles. The summed E-state index contributed by atoms with van der Waals surface area (Å²) in [6.07, 6.45) is 2.61. The summed E-state index contributed by atoms with van der Waals surface area (Å²) in [5, 5.41) is 14.0. The van der Waals surface area contributed by atoms with Crippen LogP contribution in [-0.4, -0.2) is 28.0 Å². The molecule has 0 saturated heterocycles. The van der Waals surface area contributed by atoms with Crippen LogP contribution in [-0.2, 0) is 24.2 Å². The molecule has 23 heavy (non-hydrogen) atoms. The first-order chi connectivity index (χ1) is 10.9. The van der Waals surface area contributed by atoms with Crippen LogP contribution < -0.4 is 0 Å². The second-order valence-corrected chi connectivity index (χ2v) is 6.89. The lowest BCUT2D eigenvalue weighted by molar-refractivity contribution is 0.0688. The van der Waals surface area contributed by atoms with Crippen LogP contribution in [0.3, 0.4) is 0 Å². The maximum Gasteiger partial charge on any atom is 0.356 e. The van der Waals surface area contributed by atoms with Gasteiger partial charge in [-0.2, -0.15) is 5.10 Å². The number of carboxylic acid groups (broad SMARTS) is 1. The third-order valence-electron chi connectivity index (χ3n) is 4.51. The van der Waals surface area contributed by atoms with E-state index in [2.05, 4.69) is 18.9 Å². The Kier molecular flexibility index (Phi) is 3.98. The van der Waals surface area contributed by atoms with Crippen molar-refractivity contribution in [3.05, 3.63) is 46.8 Å². The fourth-order valence-corrected chi connectivity index (χ4v) is 3.32. The average Bonchev–Trinajstić information content (AvgIpc) is 2.85. The molecule has 122 valence electrons. The number of para-hydroxylation sites is 1. The fourth-order valence-electron chi connectivity index (χ4n) is 3.32. The molecule has 1 aliphatic rings. The van der Waals surface area contributed by atoms with E-state index in [1.54, 1.807) is 7.11 Å². The summed E-state index contributed by atoms with van der Waals surface area (Å²) in [6.45, 7) is 4.83. The number of aromatic nitrogens is 2.